The van der Waals surface area contributed by atoms with Gasteiger partial charge in [0.15, 0.2) is 5.82 Å². The van der Waals surface area contributed by atoms with E-state index < -0.39 is 0 Å². The van der Waals surface area contributed by atoms with Gasteiger partial charge in [0.2, 0.25) is 5.89 Å². The average molecular weight is 178 g/mol. The molecule has 0 N–H and O–H groups in total. The summed E-state index contributed by atoms with van der Waals surface area (Å²) in [4.78, 5) is 4.43. The maximum absolute atomic E-state index is 5.21. The fourth-order valence-corrected chi connectivity index (χ4v) is 1.75. The Morgan fingerprint density at radius 3 is 2.69 bits per heavy atom. The lowest BCUT2D eigenvalue weighted by Crippen LogP contribution is -2.10. The predicted molar refractivity (Wildman–Crippen MR) is 47.3 cm³/mol. The smallest absolute Gasteiger partial charge is 0.226 e. The summed E-state index contributed by atoms with van der Waals surface area (Å²) in [5.41, 5.74) is 0. The Kier molecular flexibility index (Phi) is 1.64. The lowest BCUT2D eigenvalue weighted by atomic mass is 9.85. The molecule has 2 saturated carbocycles. The summed E-state index contributed by atoms with van der Waals surface area (Å²) in [6.45, 7) is 0. The summed E-state index contributed by atoms with van der Waals surface area (Å²) in [6, 6.07) is 0. The number of aromatic nitrogens is 2. The zero-order valence-corrected chi connectivity index (χ0v) is 7.70. The normalized spacial score (nSPS) is 23.1. The van der Waals surface area contributed by atoms with Gasteiger partial charge in [0.1, 0.15) is 0 Å². The van der Waals surface area contributed by atoms with Crippen LogP contribution >= 0.6 is 0 Å². The molecule has 2 fully saturated rings. The zero-order valence-electron chi connectivity index (χ0n) is 7.70. The summed E-state index contributed by atoms with van der Waals surface area (Å²) in [5, 5.41) is 4.03. The second-order valence-corrected chi connectivity index (χ2v) is 4.32. The van der Waals surface area contributed by atoms with Gasteiger partial charge in [-0.2, -0.15) is 4.98 Å². The lowest BCUT2D eigenvalue weighted by Gasteiger charge is -2.20. The minimum Gasteiger partial charge on any atom is -0.339 e. The number of hydrogen-bond donors (Lipinski definition) is 0. The fourth-order valence-electron chi connectivity index (χ4n) is 1.75. The largest absolute Gasteiger partial charge is 0.339 e. The van der Waals surface area contributed by atoms with Crippen LogP contribution in [-0.2, 0) is 6.42 Å². The van der Waals surface area contributed by atoms with E-state index in [2.05, 4.69) is 10.1 Å². The molecule has 0 atom stereocenters. The zero-order chi connectivity index (χ0) is 8.67. The number of nitrogens with zero attached hydrogens (tertiary/aromatic N) is 2. The van der Waals surface area contributed by atoms with Crippen LogP contribution in [0.3, 0.4) is 0 Å². The molecule has 2 aliphatic rings. The first-order valence-corrected chi connectivity index (χ1v) is 5.24. The molecule has 1 heterocycles. The Bertz CT molecular complexity index is 300. The van der Waals surface area contributed by atoms with E-state index in [1.54, 1.807) is 0 Å². The van der Waals surface area contributed by atoms with E-state index in [-0.39, 0.29) is 0 Å². The highest BCUT2D eigenvalue weighted by Gasteiger charge is 2.27. The highest BCUT2D eigenvalue weighted by atomic mass is 16.5. The van der Waals surface area contributed by atoms with E-state index in [0.717, 1.165) is 24.1 Å². The van der Waals surface area contributed by atoms with Crippen LogP contribution < -0.4 is 0 Å². The van der Waals surface area contributed by atoms with Crippen molar-refractivity contribution < 1.29 is 4.52 Å². The van der Waals surface area contributed by atoms with Crippen LogP contribution in [0.4, 0.5) is 0 Å². The Morgan fingerprint density at radius 2 is 2.08 bits per heavy atom. The van der Waals surface area contributed by atoms with Crippen molar-refractivity contribution in [1.29, 1.82) is 0 Å². The van der Waals surface area contributed by atoms with E-state index in [1.807, 2.05) is 0 Å². The van der Waals surface area contributed by atoms with Gasteiger partial charge in [-0.05, 0) is 31.6 Å². The van der Waals surface area contributed by atoms with Gasteiger partial charge in [-0.25, -0.2) is 0 Å². The average Bonchev–Trinajstić information content (AvgIpc) is 2.69. The Balaban J connectivity index is 1.69. The highest BCUT2D eigenvalue weighted by molar-refractivity contribution is 5.00. The number of rotatable bonds is 3. The highest BCUT2D eigenvalue weighted by Crippen LogP contribution is 2.36. The summed E-state index contributed by atoms with van der Waals surface area (Å²) in [6.07, 6.45) is 7.55. The van der Waals surface area contributed by atoms with E-state index in [1.165, 1.54) is 32.1 Å². The third-order valence-electron chi connectivity index (χ3n) is 3.11. The van der Waals surface area contributed by atoms with E-state index in [4.69, 9.17) is 4.52 Å². The van der Waals surface area contributed by atoms with Crippen LogP contribution in [-0.4, -0.2) is 10.1 Å². The van der Waals surface area contributed by atoms with Gasteiger partial charge < -0.3 is 4.52 Å². The molecular formula is C10H14N2O. The van der Waals surface area contributed by atoms with Crippen molar-refractivity contribution in [3.8, 4) is 0 Å². The van der Waals surface area contributed by atoms with Crippen LogP contribution in [0.1, 0.15) is 49.7 Å². The molecule has 70 valence electrons. The van der Waals surface area contributed by atoms with Gasteiger partial charge >= 0.3 is 0 Å². The first kappa shape index (κ1) is 7.54. The van der Waals surface area contributed by atoms with E-state index >= 15 is 0 Å². The molecule has 0 amide bonds. The van der Waals surface area contributed by atoms with Crippen LogP contribution in [0.2, 0.25) is 0 Å². The van der Waals surface area contributed by atoms with Gasteiger partial charge in [-0.3, -0.25) is 0 Å². The van der Waals surface area contributed by atoms with Crippen molar-refractivity contribution >= 4 is 0 Å². The van der Waals surface area contributed by atoms with E-state index in [9.17, 15) is 0 Å². The molecule has 0 saturated heterocycles. The van der Waals surface area contributed by atoms with E-state index in [0.29, 0.717) is 5.92 Å². The predicted octanol–water partition coefficient (Wildman–Crippen LogP) is 2.29. The van der Waals surface area contributed by atoms with Crippen molar-refractivity contribution in [1.82, 2.24) is 10.1 Å². The maximum atomic E-state index is 5.21. The monoisotopic (exact) mass is 178 g/mol. The minimum atomic E-state index is 0.608. The molecule has 0 spiro atoms. The molecule has 0 bridgehead atoms. The molecule has 0 aromatic carbocycles. The third kappa shape index (κ3) is 1.47. The van der Waals surface area contributed by atoms with Crippen molar-refractivity contribution in [2.45, 2.75) is 44.4 Å². The first-order chi connectivity index (χ1) is 6.42. The van der Waals surface area contributed by atoms with Gasteiger partial charge in [0.05, 0.1) is 0 Å². The fraction of sp³-hybridized carbons (Fsp3) is 0.800. The van der Waals surface area contributed by atoms with Crippen LogP contribution in [0.25, 0.3) is 0 Å². The summed E-state index contributed by atoms with van der Waals surface area (Å²) >= 11 is 0. The lowest BCUT2D eigenvalue weighted by molar-refractivity contribution is 0.344. The summed E-state index contributed by atoms with van der Waals surface area (Å²) in [7, 11) is 0. The van der Waals surface area contributed by atoms with Crippen molar-refractivity contribution in [3.05, 3.63) is 11.7 Å². The second-order valence-electron chi connectivity index (χ2n) is 4.32. The van der Waals surface area contributed by atoms with Gasteiger partial charge in [0, 0.05) is 12.3 Å². The van der Waals surface area contributed by atoms with Gasteiger partial charge in [-0.1, -0.05) is 11.6 Å². The number of hydrogen-bond acceptors (Lipinski definition) is 3. The molecule has 3 nitrogen and oxygen atoms in total. The van der Waals surface area contributed by atoms with Crippen molar-refractivity contribution in [2.75, 3.05) is 0 Å². The molecule has 1 aromatic heterocycles. The minimum absolute atomic E-state index is 0.608. The second kappa shape index (κ2) is 2.82. The summed E-state index contributed by atoms with van der Waals surface area (Å²) in [5.74, 6) is 3.28. The third-order valence-corrected chi connectivity index (χ3v) is 3.11. The first-order valence-electron chi connectivity index (χ1n) is 5.24. The molecule has 0 radical (unpaired) electrons. The summed E-state index contributed by atoms with van der Waals surface area (Å²) < 4.78 is 5.21. The Morgan fingerprint density at radius 1 is 1.23 bits per heavy atom. The van der Waals surface area contributed by atoms with Gasteiger partial charge in [-0.15, -0.1) is 0 Å². The maximum Gasteiger partial charge on any atom is 0.226 e. The molecule has 13 heavy (non-hydrogen) atoms. The molecular weight excluding hydrogens is 164 g/mol. The van der Waals surface area contributed by atoms with Crippen molar-refractivity contribution in [3.63, 3.8) is 0 Å². The molecule has 0 unspecified atom stereocenters. The van der Waals surface area contributed by atoms with Crippen LogP contribution in [0.15, 0.2) is 4.52 Å². The van der Waals surface area contributed by atoms with Crippen LogP contribution in [0, 0.1) is 5.92 Å². The Hall–Kier alpha value is -0.860. The molecule has 0 aliphatic heterocycles. The molecule has 2 aliphatic carbocycles. The topological polar surface area (TPSA) is 38.9 Å². The molecule has 1 aromatic rings. The van der Waals surface area contributed by atoms with Crippen molar-refractivity contribution in [2.24, 2.45) is 5.92 Å². The standard InChI is InChI=1S/C10H14N2O/c1-2-8(3-1)10-11-9(13-12-10)6-7-4-5-7/h7-8H,1-6H2. The molecule has 3 heteroatoms. The molecule has 3 rings (SSSR count). The Labute approximate surface area is 77.5 Å². The SMILES string of the molecule is C1CC(c2noc(CC3CC3)n2)C1. The van der Waals surface area contributed by atoms with Gasteiger partial charge in [0.25, 0.3) is 0 Å². The van der Waals surface area contributed by atoms with Crippen LogP contribution in [0.5, 0.6) is 0 Å². The quantitative estimate of drug-likeness (QED) is 0.712.